The highest BCUT2D eigenvalue weighted by atomic mass is 32.2. The number of hydrogen-bond donors (Lipinski definition) is 0. The Balaban J connectivity index is 1.68. The van der Waals surface area contributed by atoms with Gasteiger partial charge in [0, 0.05) is 32.2 Å². The van der Waals surface area contributed by atoms with Crippen LogP contribution in [-0.4, -0.2) is 60.1 Å². The average molecular weight is 380 g/mol. The molecular weight excluding hydrogens is 350 g/mol. The molecule has 2 heterocycles. The fourth-order valence-corrected chi connectivity index (χ4v) is 5.55. The van der Waals surface area contributed by atoms with Crippen LogP contribution in [0.5, 0.6) is 0 Å². The van der Waals surface area contributed by atoms with Gasteiger partial charge in [-0.1, -0.05) is 37.3 Å². The molecule has 7 heteroatoms. The standard InChI is InChI=1S/C19H29N3O3S/c1-2-18-11-6-7-14-22(18)19(23)16-21-13-8-12-20(26(21,24)25)15-17-9-4-3-5-10-17/h3-5,9-10,18H,2,6-8,11-16H2,1H3/t18-/m1/s1. The van der Waals surface area contributed by atoms with Gasteiger partial charge in [0.05, 0.1) is 6.54 Å². The monoisotopic (exact) mass is 379 g/mol. The lowest BCUT2D eigenvalue weighted by atomic mass is 10.00. The van der Waals surface area contributed by atoms with E-state index in [0.717, 1.165) is 44.2 Å². The lowest BCUT2D eigenvalue weighted by molar-refractivity contribution is -0.135. The number of rotatable bonds is 5. The SMILES string of the molecule is CC[C@@H]1CCCCN1C(=O)CN1CCCN(Cc2ccccc2)S1(=O)=O. The highest BCUT2D eigenvalue weighted by Gasteiger charge is 2.36. The van der Waals surface area contributed by atoms with Gasteiger partial charge in [-0.2, -0.15) is 17.0 Å². The fraction of sp³-hybridized carbons (Fsp3) is 0.632. The van der Waals surface area contributed by atoms with E-state index in [-0.39, 0.29) is 18.5 Å². The summed E-state index contributed by atoms with van der Waals surface area (Å²) in [6.45, 7) is 4.08. The predicted octanol–water partition coefficient (Wildman–Crippen LogP) is 2.23. The Morgan fingerprint density at radius 3 is 2.50 bits per heavy atom. The minimum absolute atomic E-state index is 0.0376. The van der Waals surface area contributed by atoms with Gasteiger partial charge >= 0.3 is 0 Å². The smallest absolute Gasteiger partial charge is 0.282 e. The van der Waals surface area contributed by atoms with Gasteiger partial charge in [0.2, 0.25) is 5.91 Å². The van der Waals surface area contributed by atoms with Gasteiger partial charge in [-0.3, -0.25) is 4.79 Å². The Morgan fingerprint density at radius 2 is 1.77 bits per heavy atom. The van der Waals surface area contributed by atoms with Gasteiger partial charge < -0.3 is 4.90 Å². The van der Waals surface area contributed by atoms with Crippen LogP contribution >= 0.6 is 0 Å². The quantitative estimate of drug-likeness (QED) is 0.788. The third-order valence-corrected chi connectivity index (χ3v) is 7.33. The first-order valence-corrected chi connectivity index (χ1v) is 11.0. The molecule has 6 nitrogen and oxygen atoms in total. The molecule has 1 aromatic rings. The van der Waals surface area contributed by atoms with Crippen LogP contribution < -0.4 is 0 Å². The molecule has 1 atom stereocenters. The van der Waals surface area contributed by atoms with E-state index in [1.165, 1.54) is 8.61 Å². The molecule has 0 radical (unpaired) electrons. The van der Waals surface area contributed by atoms with Crippen molar-refractivity contribution < 1.29 is 13.2 Å². The molecule has 0 saturated carbocycles. The second-order valence-corrected chi connectivity index (χ2v) is 9.09. The van der Waals surface area contributed by atoms with Gasteiger partial charge in [0.1, 0.15) is 0 Å². The average Bonchev–Trinajstić information content (AvgIpc) is 2.66. The van der Waals surface area contributed by atoms with E-state index in [1.54, 1.807) is 0 Å². The van der Waals surface area contributed by atoms with Crippen molar-refractivity contribution in [2.45, 2.75) is 51.6 Å². The van der Waals surface area contributed by atoms with E-state index in [9.17, 15) is 13.2 Å². The third kappa shape index (κ3) is 4.27. The second-order valence-electron chi connectivity index (χ2n) is 7.16. The van der Waals surface area contributed by atoms with Gasteiger partial charge in [0.25, 0.3) is 10.2 Å². The molecule has 2 aliphatic rings. The number of benzene rings is 1. The van der Waals surface area contributed by atoms with Crippen molar-refractivity contribution in [1.82, 2.24) is 13.5 Å². The molecule has 2 aliphatic heterocycles. The summed E-state index contributed by atoms with van der Waals surface area (Å²) in [5.41, 5.74) is 0.964. The molecular formula is C19H29N3O3S. The van der Waals surface area contributed by atoms with Crippen LogP contribution in [0.4, 0.5) is 0 Å². The molecule has 0 aromatic heterocycles. The molecule has 0 unspecified atom stereocenters. The maximum atomic E-state index is 13.0. The Morgan fingerprint density at radius 1 is 1.04 bits per heavy atom. The molecule has 144 valence electrons. The summed E-state index contributed by atoms with van der Waals surface area (Å²) in [6.07, 6.45) is 4.86. The molecule has 1 aromatic carbocycles. The van der Waals surface area contributed by atoms with Gasteiger partial charge in [-0.25, -0.2) is 0 Å². The van der Waals surface area contributed by atoms with E-state index in [1.807, 2.05) is 35.2 Å². The summed E-state index contributed by atoms with van der Waals surface area (Å²) in [5, 5.41) is 0. The summed E-state index contributed by atoms with van der Waals surface area (Å²) in [5.74, 6) is -0.0540. The van der Waals surface area contributed by atoms with E-state index in [2.05, 4.69) is 6.92 Å². The van der Waals surface area contributed by atoms with Crippen molar-refractivity contribution in [2.24, 2.45) is 0 Å². The molecule has 26 heavy (non-hydrogen) atoms. The van der Waals surface area contributed by atoms with Crippen molar-refractivity contribution in [3.63, 3.8) is 0 Å². The van der Waals surface area contributed by atoms with Crippen molar-refractivity contribution in [2.75, 3.05) is 26.2 Å². The summed E-state index contributed by atoms with van der Waals surface area (Å²) < 4.78 is 28.8. The number of piperidine rings is 1. The van der Waals surface area contributed by atoms with Crippen LogP contribution in [0, 0.1) is 0 Å². The van der Waals surface area contributed by atoms with E-state index < -0.39 is 10.2 Å². The molecule has 0 spiro atoms. The van der Waals surface area contributed by atoms with Crippen LogP contribution in [0.3, 0.4) is 0 Å². The topological polar surface area (TPSA) is 60.9 Å². The van der Waals surface area contributed by atoms with Crippen molar-refractivity contribution in [3.05, 3.63) is 35.9 Å². The maximum absolute atomic E-state index is 13.0. The Hall–Kier alpha value is -1.44. The summed E-state index contributed by atoms with van der Waals surface area (Å²) >= 11 is 0. The molecule has 1 amide bonds. The lowest BCUT2D eigenvalue weighted by Crippen LogP contribution is -2.54. The zero-order valence-corrected chi connectivity index (χ0v) is 16.3. The summed E-state index contributed by atoms with van der Waals surface area (Å²) in [6, 6.07) is 9.85. The molecule has 0 N–H and O–H groups in total. The molecule has 2 fully saturated rings. The van der Waals surface area contributed by atoms with Crippen molar-refractivity contribution in [1.29, 1.82) is 0 Å². The van der Waals surface area contributed by atoms with Crippen LogP contribution in [0.1, 0.15) is 44.6 Å². The molecule has 0 bridgehead atoms. The fourth-order valence-electron chi connectivity index (χ4n) is 3.92. The number of carbonyl (C=O) groups is 1. The van der Waals surface area contributed by atoms with Gasteiger partial charge in [-0.15, -0.1) is 0 Å². The first kappa shape index (κ1) is 19.3. The summed E-state index contributed by atoms with van der Waals surface area (Å²) in [4.78, 5) is 14.7. The van der Waals surface area contributed by atoms with Crippen LogP contribution in [0.2, 0.25) is 0 Å². The zero-order chi connectivity index (χ0) is 18.6. The first-order chi connectivity index (χ1) is 12.5. The number of amides is 1. The third-order valence-electron chi connectivity index (χ3n) is 5.40. The van der Waals surface area contributed by atoms with E-state index in [4.69, 9.17) is 0 Å². The van der Waals surface area contributed by atoms with Crippen molar-refractivity contribution in [3.8, 4) is 0 Å². The number of hydrogen-bond acceptors (Lipinski definition) is 3. The van der Waals surface area contributed by atoms with E-state index in [0.29, 0.717) is 19.6 Å². The largest absolute Gasteiger partial charge is 0.339 e. The zero-order valence-electron chi connectivity index (χ0n) is 15.5. The Kier molecular flexibility index (Phi) is 6.32. The molecule has 2 saturated heterocycles. The van der Waals surface area contributed by atoms with Crippen LogP contribution in [0.15, 0.2) is 30.3 Å². The number of nitrogens with zero attached hydrogens (tertiary/aromatic N) is 3. The predicted molar refractivity (Wildman–Crippen MR) is 102 cm³/mol. The normalized spacial score (nSPS) is 24.5. The lowest BCUT2D eigenvalue weighted by Gasteiger charge is -2.38. The van der Waals surface area contributed by atoms with E-state index >= 15 is 0 Å². The Labute approximate surface area is 157 Å². The van der Waals surface area contributed by atoms with Crippen LogP contribution in [0.25, 0.3) is 0 Å². The second kappa shape index (κ2) is 8.50. The first-order valence-electron chi connectivity index (χ1n) is 9.61. The minimum atomic E-state index is -3.60. The summed E-state index contributed by atoms with van der Waals surface area (Å²) in [7, 11) is -3.60. The van der Waals surface area contributed by atoms with Gasteiger partial charge in [0.15, 0.2) is 0 Å². The minimum Gasteiger partial charge on any atom is -0.339 e. The van der Waals surface area contributed by atoms with Crippen molar-refractivity contribution >= 4 is 16.1 Å². The number of likely N-dealkylation sites (tertiary alicyclic amines) is 1. The highest BCUT2D eigenvalue weighted by Crippen LogP contribution is 2.22. The highest BCUT2D eigenvalue weighted by molar-refractivity contribution is 7.86. The number of carbonyl (C=O) groups excluding carboxylic acids is 1. The molecule has 0 aliphatic carbocycles. The maximum Gasteiger partial charge on any atom is 0.282 e. The van der Waals surface area contributed by atoms with Gasteiger partial charge in [-0.05, 0) is 37.7 Å². The Bertz CT molecular complexity index is 708. The molecule has 3 rings (SSSR count). The van der Waals surface area contributed by atoms with Crippen LogP contribution in [-0.2, 0) is 21.5 Å².